The molecule has 1 fully saturated rings. The fourth-order valence-corrected chi connectivity index (χ4v) is 2.57. The van der Waals surface area contributed by atoms with Gasteiger partial charge in [-0.05, 0) is 42.9 Å². The maximum Gasteiger partial charge on any atom is 0.227 e. The van der Waals surface area contributed by atoms with E-state index in [4.69, 9.17) is 9.84 Å². The van der Waals surface area contributed by atoms with E-state index < -0.39 is 0 Å². The Kier molecular flexibility index (Phi) is 5.56. The number of aliphatic hydroxyl groups is 1. The lowest BCUT2D eigenvalue weighted by Gasteiger charge is -2.26. The number of amides is 1. The van der Waals surface area contributed by atoms with Crippen molar-refractivity contribution < 1.29 is 14.6 Å². The molecule has 1 aromatic carbocycles. The van der Waals surface area contributed by atoms with Gasteiger partial charge < -0.3 is 15.2 Å². The minimum absolute atomic E-state index is 0.0102. The molecule has 2 N–H and O–H groups in total. The molecule has 1 aliphatic rings. The summed E-state index contributed by atoms with van der Waals surface area (Å²) in [5.74, 6) is 0.500. The maximum absolute atomic E-state index is 12.2. The van der Waals surface area contributed by atoms with E-state index >= 15 is 0 Å². The van der Waals surface area contributed by atoms with Crippen molar-refractivity contribution in [2.75, 3.05) is 25.1 Å². The van der Waals surface area contributed by atoms with Crippen molar-refractivity contribution in [3.8, 4) is 0 Å². The topological polar surface area (TPSA) is 58.6 Å². The zero-order valence-corrected chi connectivity index (χ0v) is 12.0. The number of hydrogen-bond acceptors (Lipinski definition) is 3. The summed E-state index contributed by atoms with van der Waals surface area (Å²) in [6.07, 6.45) is 2.57. The van der Waals surface area contributed by atoms with Crippen molar-refractivity contribution in [3.05, 3.63) is 29.8 Å². The summed E-state index contributed by atoms with van der Waals surface area (Å²) in [5.41, 5.74) is 1.89. The van der Waals surface area contributed by atoms with Crippen LogP contribution in [0.25, 0.3) is 0 Å². The standard InChI is InChI=1S/C16H23NO3/c1-12(14-7-10-20-11-8-14)16(19)17-15-4-2-13(3-5-15)6-9-18/h2-5,12,14,18H,6-11H2,1H3,(H,17,19). The molecule has 0 radical (unpaired) electrons. The number of ether oxygens (including phenoxy) is 1. The van der Waals surface area contributed by atoms with Gasteiger partial charge >= 0.3 is 0 Å². The van der Waals surface area contributed by atoms with Gasteiger partial charge in [-0.25, -0.2) is 0 Å². The third-order valence-corrected chi connectivity index (χ3v) is 4.01. The van der Waals surface area contributed by atoms with Crippen molar-refractivity contribution >= 4 is 11.6 Å². The van der Waals surface area contributed by atoms with Crippen LogP contribution in [0.2, 0.25) is 0 Å². The highest BCUT2D eigenvalue weighted by Gasteiger charge is 2.25. The molecule has 0 aliphatic carbocycles. The van der Waals surface area contributed by atoms with Crippen LogP contribution in [0.3, 0.4) is 0 Å². The molecule has 2 rings (SSSR count). The first-order valence-corrected chi connectivity index (χ1v) is 7.29. The van der Waals surface area contributed by atoms with Crippen LogP contribution in [-0.4, -0.2) is 30.8 Å². The molecule has 0 aromatic heterocycles. The fourth-order valence-electron chi connectivity index (χ4n) is 2.57. The van der Waals surface area contributed by atoms with Gasteiger partial charge in [-0.15, -0.1) is 0 Å². The third-order valence-electron chi connectivity index (χ3n) is 4.01. The molecular formula is C16H23NO3. The van der Waals surface area contributed by atoms with Crippen LogP contribution in [0.4, 0.5) is 5.69 Å². The quantitative estimate of drug-likeness (QED) is 0.867. The van der Waals surface area contributed by atoms with Gasteiger partial charge in [0.2, 0.25) is 5.91 Å². The van der Waals surface area contributed by atoms with E-state index in [-0.39, 0.29) is 18.4 Å². The molecule has 0 saturated carbocycles. The van der Waals surface area contributed by atoms with E-state index in [9.17, 15) is 4.79 Å². The van der Waals surface area contributed by atoms with Gasteiger partial charge in [0.05, 0.1) is 0 Å². The predicted molar refractivity (Wildman–Crippen MR) is 78.6 cm³/mol. The zero-order valence-electron chi connectivity index (χ0n) is 12.0. The molecule has 1 amide bonds. The molecular weight excluding hydrogens is 254 g/mol. The van der Waals surface area contributed by atoms with E-state index in [0.717, 1.165) is 37.3 Å². The Bertz CT molecular complexity index is 424. The van der Waals surface area contributed by atoms with Crippen molar-refractivity contribution in [2.45, 2.75) is 26.2 Å². The lowest BCUT2D eigenvalue weighted by Crippen LogP contribution is -2.30. The molecule has 0 spiro atoms. The lowest BCUT2D eigenvalue weighted by atomic mass is 9.87. The molecule has 1 unspecified atom stereocenters. The second-order valence-electron chi connectivity index (χ2n) is 5.40. The number of hydrogen-bond donors (Lipinski definition) is 2. The highest BCUT2D eigenvalue weighted by atomic mass is 16.5. The monoisotopic (exact) mass is 277 g/mol. The second-order valence-corrected chi connectivity index (χ2v) is 5.40. The van der Waals surface area contributed by atoms with Gasteiger partial charge in [0.15, 0.2) is 0 Å². The smallest absolute Gasteiger partial charge is 0.227 e. The summed E-state index contributed by atoms with van der Waals surface area (Å²) in [6, 6.07) is 7.65. The van der Waals surface area contributed by atoms with Crippen LogP contribution in [0, 0.1) is 11.8 Å². The van der Waals surface area contributed by atoms with Crippen molar-refractivity contribution in [2.24, 2.45) is 11.8 Å². The minimum Gasteiger partial charge on any atom is -0.396 e. The third kappa shape index (κ3) is 4.05. The first kappa shape index (κ1) is 15.0. The molecule has 1 atom stereocenters. The van der Waals surface area contributed by atoms with Gasteiger partial charge in [-0.2, -0.15) is 0 Å². The molecule has 110 valence electrons. The Balaban J connectivity index is 1.89. The van der Waals surface area contributed by atoms with E-state index in [1.165, 1.54) is 0 Å². The molecule has 4 nitrogen and oxygen atoms in total. The van der Waals surface area contributed by atoms with E-state index in [2.05, 4.69) is 5.32 Å². The van der Waals surface area contributed by atoms with Gasteiger partial charge in [0.1, 0.15) is 0 Å². The van der Waals surface area contributed by atoms with Crippen LogP contribution in [-0.2, 0) is 16.0 Å². The highest BCUT2D eigenvalue weighted by Crippen LogP contribution is 2.24. The number of aliphatic hydroxyl groups excluding tert-OH is 1. The summed E-state index contributed by atoms with van der Waals surface area (Å²) >= 11 is 0. The number of benzene rings is 1. The normalized spacial score (nSPS) is 17.7. The summed E-state index contributed by atoms with van der Waals surface area (Å²) in [7, 11) is 0. The van der Waals surface area contributed by atoms with Crippen LogP contribution in [0.1, 0.15) is 25.3 Å². The van der Waals surface area contributed by atoms with Crippen LogP contribution in [0.15, 0.2) is 24.3 Å². The molecule has 1 heterocycles. The zero-order chi connectivity index (χ0) is 14.4. The summed E-state index contributed by atoms with van der Waals surface area (Å²) in [6.45, 7) is 3.66. The highest BCUT2D eigenvalue weighted by molar-refractivity contribution is 5.92. The Morgan fingerprint density at radius 3 is 2.60 bits per heavy atom. The van der Waals surface area contributed by atoms with E-state index in [1.807, 2.05) is 31.2 Å². The molecule has 20 heavy (non-hydrogen) atoms. The molecule has 0 bridgehead atoms. The second kappa shape index (κ2) is 7.41. The number of carbonyl (C=O) groups is 1. The van der Waals surface area contributed by atoms with Crippen molar-refractivity contribution in [1.82, 2.24) is 0 Å². The summed E-state index contributed by atoms with van der Waals surface area (Å²) in [4.78, 5) is 12.2. The van der Waals surface area contributed by atoms with Gasteiger partial charge in [-0.3, -0.25) is 4.79 Å². The molecule has 1 saturated heterocycles. The number of carbonyl (C=O) groups excluding carboxylic acids is 1. The summed E-state index contributed by atoms with van der Waals surface area (Å²) in [5, 5.41) is 11.8. The van der Waals surface area contributed by atoms with Gasteiger partial charge in [0.25, 0.3) is 0 Å². The first-order chi connectivity index (χ1) is 9.70. The molecule has 1 aliphatic heterocycles. The Hall–Kier alpha value is -1.39. The van der Waals surface area contributed by atoms with E-state index in [0.29, 0.717) is 12.3 Å². The van der Waals surface area contributed by atoms with Crippen LogP contribution < -0.4 is 5.32 Å². The molecule has 1 aromatic rings. The number of rotatable bonds is 5. The Morgan fingerprint density at radius 1 is 1.35 bits per heavy atom. The van der Waals surface area contributed by atoms with Crippen LogP contribution >= 0.6 is 0 Å². The average Bonchev–Trinajstić information content (AvgIpc) is 2.49. The lowest BCUT2D eigenvalue weighted by molar-refractivity contribution is -0.122. The van der Waals surface area contributed by atoms with Crippen molar-refractivity contribution in [3.63, 3.8) is 0 Å². The van der Waals surface area contributed by atoms with Gasteiger partial charge in [-0.1, -0.05) is 19.1 Å². The minimum atomic E-state index is 0.0102. The van der Waals surface area contributed by atoms with Gasteiger partial charge in [0, 0.05) is 31.4 Å². The molecule has 4 heteroatoms. The fraction of sp³-hybridized carbons (Fsp3) is 0.562. The number of anilines is 1. The first-order valence-electron chi connectivity index (χ1n) is 7.29. The number of nitrogens with one attached hydrogen (secondary N) is 1. The predicted octanol–water partition coefficient (Wildman–Crippen LogP) is 2.22. The SMILES string of the molecule is CC(C(=O)Nc1ccc(CCO)cc1)C1CCOCC1. The Morgan fingerprint density at radius 2 is 2.00 bits per heavy atom. The summed E-state index contributed by atoms with van der Waals surface area (Å²) < 4.78 is 5.33. The average molecular weight is 277 g/mol. The Labute approximate surface area is 120 Å². The van der Waals surface area contributed by atoms with Crippen LogP contribution in [0.5, 0.6) is 0 Å². The maximum atomic E-state index is 12.2. The van der Waals surface area contributed by atoms with Crippen molar-refractivity contribution in [1.29, 1.82) is 0 Å². The van der Waals surface area contributed by atoms with E-state index in [1.54, 1.807) is 0 Å². The largest absolute Gasteiger partial charge is 0.396 e.